The zero-order valence-corrected chi connectivity index (χ0v) is 7.51. The lowest BCUT2D eigenvalue weighted by atomic mass is 10.2. The van der Waals surface area contributed by atoms with E-state index < -0.39 is 0 Å². The summed E-state index contributed by atoms with van der Waals surface area (Å²) in [7, 11) is 1.69. The van der Waals surface area contributed by atoms with E-state index in [-0.39, 0.29) is 0 Å². The average molecular weight is 176 g/mol. The van der Waals surface area contributed by atoms with Crippen LogP contribution < -0.4 is 0 Å². The maximum atomic E-state index is 8.46. The van der Waals surface area contributed by atoms with Gasteiger partial charge < -0.3 is 0 Å². The van der Waals surface area contributed by atoms with Gasteiger partial charge in [0.1, 0.15) is 10.4 Å². The lowest BCUT2D eigenvalue weighted by Gasteiger charge is -1.97. The molecule has 0 aliphatic carbocycles. The number of nitriles is 1. The summed E-state index contributed by atoms with van der Waals surface area (Å²) in [5, 5.41) is 11.2. The molecule has 0 fully saturated rings. The Hall–Kier alpha value is -1.27. The van der Waals surface area contributed by atoms with Crippen LogP contribution >= 0.6 is 11.8 Å². The van der Waals surface area contributed by atoms with Crippen molar-refractivity contribution < 1.29 is 0 Å². The summed E-state index contributed by atoms with van der Waals surface area (Å²) in [5.74, 6) is 0. The van der Waals surface area contributed by atoms with Gasteiger partial charge in [0.15, 0.2) is 0 Å². The minimum absolute atomic E-state index is 0.762. The smallest absolute Gasteiger partial charge is 0.140 e. The van der Waals surface area contributed by atoms with E-state index in [1.54, 1.807) is 7.05 Å². The molecule has 0 N–H and O–H groups in total. The fraction of sp³-hybridized carbons (Fsp3) is 0.111. The number of aliphatic imine (C=N–C) groups is 1. The number of thioether (sulfide) groups is 1. The predicted molar refractivity (Wildman–Crippen MR) is 52.1 cm³/mol. The number of rotatable bonds is 1. The van der Waals surface area contributed by atoms with E-state index in [0.717, 1.165) is 22.4 Å². The molecule has 0 unspecified atom stereocenters. The zero-order chi connectivity index (χ0) is 8.81. The summed E-state index contributed by atoms with van der Waals surface area (Å²) < 4.78 is 0. The molecule has 0 spiro atoms. The molecule has 60 valence electrons. The van der Waals surface area contributed by atoms with Crippen molar-refractivity contribution in [2.24, 2.45) is 4.99 Å². The highest BCUT2D eigenvalue weighted by Gasteiger charge is 2.00. The fourth-order valence-corrected chi connectivity index (χ4v) is 1.29. The van der Waals surface area contributed by atoms with Gasteiger partial charge in [0.25, 0.3) is 0 Å². The number of benzene rings is 1. The van der Waals surface area contributed by atoms with Crippen molar-refractivity contribution >= 4 is 16.8 Å². The van der Waals surface area contributed by atoms with Crippen LogP contribution in [0.5, 0.6) is 0 Å². The van der Waals surface area contributed by atoms with E-state index in [4.69, 9.17) is 5.26 Å². The van der Waals surface area contributed by atoms with Gasteiger partial charge in [0.2, 0.25) is 0 Å². The minimum Gasteiger partial charge on any atom is -0.280 e. The summed E-state index contributed by atoms with van der Waals surface area (Å²) >= 11 is 1.09. The summed E-state index contributed by atoms with van der Waals surface area (Å²) in [6, 6.07) is 9.67. The van der Waals surface area contributed by atoms with Crippen molar-refractivity contribution in [3.8, 4) is 5.40 Å². The van der Waals surface area contributed by atoms with Gasteiger partial charge in [-0.15, -0.1) is 0 Å². The Morgan fingerprint density at radius 2 is 2.08 bits per heavy atom. The second kappa shape index (κ2) is 4.58. The van der Waals surface area contributed by atoms with Crippen LogP contribution in [0.3, 0.4) is 0 Å². The monoisotopic (exact) mass is 176 g/mol. The maximum Gasteiger partial charge on any atom is 0.140 e. The van der Waals surface area contributed by atoms with Crippen LogP contribution in [0.1, 0.15) is 5.56 Å². The van der Waals surface area contributed by atoms with Crippen molar-refractivity contribution in [3.63, 3.8) is 0 Å². The topological polar surface area (TPSA) is 36.1 Å². The van der Waals surface area contributed by atoms with Crippen molar-refractivity contribution in [3.05, 3.63) is 35.9 Å². The number of nitrogens with zero attached hydrogens (tertiary/aromatic N) is 2. The first-order valence-corrected chi connectivity index (χ1v) is 4.28. The van der Waals surface area contributed by atoms with Crippen LogP contribution in [0.4, 0.5) is 0 Å². The summed E-state index contributed by atoms with van der Waals surface area (Å²) in [4.78, 5) is 4.01. The third-order valence-corrected chi connectivity index (χ3v) is 2.07. The van der Waals surface area contributed by atoms with Crippen molar-refractivity contribution in [1.82, 2.24) is 0 Å². The molecule has 0 aromatic heterocycles. The van der Waals surface area contributed by atoms with E-state index in [2.05, 4.69) is 4.99 Å². The first-order chi connectivity index (χ1) is 5.88. The van der Waals surface area contributed by atoms with Crippen LogP contribution in [0, 0.1) is 10.7 Å². The molecular weight excluding hydrogens is 168 g/mol. The first kappa shape index (κ1) is 8.82. The van der Waals surface area contributed by atoms with Crippen molar-refractivity contribution in [2.45, 2.75) is 0 Å². The second-order valence-corrected chi connectivity index (χ2v) is 2.86. The molecule has 0 radical (unpaired) electrons. The first-order valence-electron chi connectivity index (χ1n) is 3.46. The van der Waals surface area contributed by atoms with Gasteiger partial charge in [0, 0.05) is 24.4 Å². The molecule has 0 bridgehead atoms. The largest absolute Gasteiger partial charge is 0.280 e. The summed E-state index contributed by atoms with van der Waals surface area (Å²) in [6.07, 6.45) is 0. The van der Waals surface area contributed by atoms with E-state index in [9.17, 15) is 0 Å². The van der Waals surface area contributed by atoms with Crippen LogP contribution in [0.25, 0.3) is 0 Å². The van der Waals surface area contributed by atoms with Crippen LogP contribution in [-0.4, -0.2) is 12.1 Å². The third kappa shape index (κ3) is 2.11. The molecule has 1 aromatic carbocycles. The zero-order valence-electron chi connectivity index (χ0n) is 6.69. The second-order valence-electron chi connectivity index (χ2n) is 2.09. The molecule has 0 aliphatic heterocycles. The van der Waals surface area contributed by atoms with E-state index in [1.165, 1.54) is 0 Å². The third-order valence-electron chi connectivity index (χ3n) is 1.37. The molecule has 0 saturated heterocycles. The molecule has 0 aliphatic rings. The van der Waals surface area contributed by atoms with Crippen LogP contribution in [-0.2, 0) is 0 Å². The molecule has 2 nitrogen and oxygen atoms in total. The molecule has 1 rings (SSSR count). The van der Waals surface area contributed by atoms with E-state index in [1.807, 2.05) is 35.7 Å². The SMILES string of the molecule is CN=C(SC#N)c1ccccc1. The van der Waals surface area contributed by atoms with Gasteiger partial charge in [-0.2, -0.15) is 5.26 Å². The lowest BCUT2D eigenvalue weighted by Crippen LogP contribution is -1.92. The molecule has 12 heavy (non-hydrogen) atoms. The highest BCUT2D eigenvalue weighted by Crippen LogP contribution is 2.11. The molecule has 0 atom stereocenters. The van der Waals surface area contributed by atoms with Crippen LogP contribution in [0.2, 0.25) is 0 Å². The van der Waals surface area contributed by atoms with Crippen molar-refractivity contribution in [1.29, 1.82) is 5.26 Å². The Morgan fingerprint density at radius 3 is 2.58 bits per heavy atom. The van der Waals surface area contributed by atoms with Gasteiger partial charge in [-0.3, -0.25) is 4.99 Å². The molecule has 3 heteroatoms. The highest BCUT2D eigenvalue weighted by molar-refractivity contribution is 8.18. The Labute approximate surface area is 75.9 Å². The highest BCUT2D eigenvalue weighted by atomic mass is 32.2. The Morgan fingerprint density at radius 1 is 1.42 bits per heavy atom. The van der Waals surface area contributed by atoms with Crippen molar-refractivity contribution in [2.75, 3.05) is 7.05 Å². The van der Waals surface area contributed by atoms with Crippen LogP contribution in [0.15, 0.2) is 35.3 Å². The Kier molecular flexibility index (Phi) is 3.36. The fourth-order valence-electron chi connectivity index (χ4n) is 0.858. The Balaban J connectivity index is 2.91. The van der Waals surface area contributed by atoms with E-state index in [0.29, 0.717) is 0 Å². The number of thiocyanates is 1. The average Bonchev–Trinajstić information content (AvgIpc) is 2.15. The maximum absolute atomic E-state index is 8.46. The minimum atomic E-state index is 0.762. The quantitative estimate of drug-likeness (QED) is 0.374. The summed E-state index contributed by atoms with van der Waals surface area (Å²) in [6.45, 7) is 0. The summed E-state index contributed by atoms with van der Waals surface area (Å²) in [5.41, 5.74) is 0.992. The molecule has 0 heterocycles. The van der Waals surface area contributed by atoms with Gasteiger partial charge in [0.05, 0.1) is 0 Å². The molecule has 0 saturated carbocycles. The number of hydrogen-bond donors (Lipinski definition) is 0. The number of hydrogen-bond acceptors (Lipinski definition) is 3. The molecule has 1 aromatic rings. The molecular formula is C9H8N2S. The van der Waals surface area contributed by atoms with Gasteiger partial charge in [-0.1, -0.05) is 30.3 Å². The lowest BCUT2D eigenvalue weighted by molar-refractivity contribution is 1.45. The van der Waals surface area contributed by atoms with Gasteiger partial charge >= 0.3 is 0 Å². The van der Waals surface area contributed by atoms with Gasteiger partial charge in [-0.05, 0) is 0 Å². The molecule has 0 amide bonds. The predicted octanol–water partition coefficient (Wildman–Crippen LogP) is 2.28. The normalized spacial score (nSPS) is 10.8. The Bertz CT molecular complexity index is 311. The van der Waals surface area contributed by atoms with E-state index >= 15 is 0 Å². The standard InChI is InChI=1S/C9H8N2S/c1-11-9(12-7-10)8-5-3-2-4-6-8/h2-6H,1H3. The van der Waals surface area contributed by atoms with Gasteiger partial charge in [-0.25, -0.2) is 0 Å².